The zero-order chi connectivity index (χ0) is 20.1. The lowest BCUT2D eigenvalue weighted by Crippen LogP contribution is -2.35. The van der Waals surface area contributed by atoms with Crippen molar-refractivity contribution in [2.24, 2.45) is 0 Å². The Morgan fingerprint density at radius 3 is 2.75 bits per heavy atom. The molecule has 1 aliphatic rings. The van der Waals surface area contributed by atoms with Crippen LogP contribution in [-0.4, -0.2) is 38.4 Å². The van der Waals surface area contributed by atoms with Crippen molar-refractivity contribution in [2.75, 3.05) is 25.7 Å². The summed E-state index contributed by atoms with van der Waals surface area (Å²) in [5.74, 6) is 0.712. The second-order valence-corrected chi connectivity index (χ2v) is 6.44. The molecule has 0 spiro atoms. The van der Waals surface area contributed by atoms with Gasteiger partial charge in [0.2, 0.25) is 5.91 Å². The molecule has 2 aromatic carbocycles. The molecule has 2 amide bonds. The first-order valence-corrected chi connectivity index (χ1v) is 8.95. The van der Waals surface area contributed by atoms with Crippen LogP contribution in [0.3, 0.4) is 0 Å². The van der Waals surface area contributed by atoms with Gasteiger partial charge in [0.1, 0.15) is 11.5 Å². The third kappa shape index (κ3) is 4.31. The summed E-state index contributed by atoms with van der Waals surface area (Å²) in [5.41, 5.74) is 1.87. The van der Waals surface area contributed by atoms with Crippen LogP contribution in [0.2, 0.25) is 0 Å². The number of carbonyl (C=O) groups excluding carboxylic acids is 3. The van der Waals surface area contributed by atoms with Gasteiger partial charge in [-0.25, -0.2) is 0 Å². The summed E-state index contributed by atoms with van der Waals surface area (Å²) in [7, 11) is 3.22. The molecule has 28 heavy (non-hydrogen) atoms. The van der Waals surface area contributed by atoms with Gasteiger partial charge in [0.15, 0.2) is 12.4 Å². The lowest BCUT2D eigenvalue weighted by atomic mass is 10.0. The Bertz CT molecular complexity index is 909. The molecule has 3 rings (SSSR count). The molecular formula is C21H22N2O5. The van der Waals surface area contributed by atoms with Crippen molar-refractivity contribution < 1.29 is 23.9 Å². The Labute approximate surface area is 163 Å². The lowest BCUT2D eigenvalue weighted by Gasteiger charge is -2.26. The minimum atomic E-state index is -0.215. The number of amides is 2. The molecular weight excluding hydrogens is 360 g/mol. The number of ketones is 1. The average molecular weight is 382 g/mol. The predicted octanol–water partition coefficient (Wildman–Crippen LogP) is 2.33. The molecule has 7 nitrogen and oxygen atoms in total. The lowest BCUT2D eigenvalue weighted by molar-refractivity contribution is -0.121. The van der Waals surface area contributed by atoms with E-state index in [-0.39, 0.29) is 37.0 Å². The van der Waals surface area contributed by atoms with Gasteiger partial charge in [-0.2, -0.15) is 0 Å². The molecule has 0 atom stereocenters. The smallest absolute Gasteiger partial charge is 0.264 e. The van der Waals surface area contributed by atoms with Gasteiger partial charge in [-0.3, -0.25) is 14.4 Å². The van der Waals surface area contributed by atoms with Crippen LogP contribution in [0.1, 0.15) is 28.8 Å². The number of Topliss-reactive ketones (excluding diaryl/α,β-unsaturated/α-hetero) is 1. The fourth-order valence-electron chi connectivity index (χ4n) is 2.95. The quantitative estimate of drug-likeness (QED) is 0.743. The van der Waals surface area contributed by atoms with Crippen molar-refractivity contribution in [1.29, 1.82) is 0 Å². The Hall–Kier alpha value is -3.35. The molecule has 0 aromatic heterocycles. The molecule has 0 saturated carbocycles. The van der Waals surface area contributed by atoms with E-state index >= 15 is 0 Å². The second-order valence-electron chi connectivity index (χ2n) is 6.44. The van der Waals surface area contributed by atoms with Crippen LogP contribution in [0.25, 0.3) is 0 Å². The molecule has 0 radical (unpaired) electrons. The Balaban J connectivity index is 1.55. The van der Waals surface area contributed by atoms with E-state index in [1.807, 2.05) is 24.3 Å². The standard InChI is InChI=1S/C21H22N2O5/c1-23-16-11-14(7-9-19(16)28-13-21(23)26)17(24)8-10-20(25)22-12-15-5-3-4-6-18(15)27-2/h3-7,9,11H,8,10,12-13H2,1-2H3,(H,22,25). The molecule has 2 aromatic rings. The number of rotatable bonds is 7. The van der Waals surface area contributed by atoms with E-state index in [1.165, 1.54) is 4.90 Å². The molecule has 0 aliphatic carbocycles. The summed E-state index contributed by atoms with van der Waals surface area (Å²) in [6, 6.07) is 12.4. The number of benzene rings is 2. The van der Waals surface area contributed by atoms with Gasteiger partial charge in [0.25, 0.3) is 5.91 Å². The van der Waals surface area contributed by atoms with Crippen molar-refractivity contribution in [3.63, 3.8) is 0 Å². The van der Waals surface area contributed by atoms with Crippen molar-refractivity contribution in [2.45, 2.75) is 19.4 Å². The number of hydrogen-bond acceptors (Lipinski definition) is 5. The Morgan fingerprint density at radius 1 is 1.18 bits per heavy atom. The molecule has 146 valence electrons. The number of anilines is 1. The molecule has 1 N–H and O–H groups in total. The Morgan fingerprint density at radius 2 is 1.96 bits per heavy atom. The average Bonchev–Trinajstić information content (AvgIpc) is 2.73. The maximum Gasteiger partial charge on any atom is 0.264 e. The topological polar surface area (TPSA) is 84.9 Å². The van der Waals surface area contributed by atoms with Gasteiger partial charge < -0.3 is 19.7 Å². The minimum absolute atomic E-state index is 0.0107. The van der Waals surface area contributed by atoms with Gasteiger partial charge in [0, 0.05) is 37.6 Å². The number of hydrogen-bond donors (Lipinski definition) is 1. The summed E-state index contributed by atoms with van der Waals surface area (Å²) in [5, 5.41) is 2.80. The van der Waals surface area contributed by atoms with E-state index in [4.69, 9.17) is 9.47 Å². The van der Waals surface area contributed by atoms with Crippen LogP contribution in [0.5, 0.6) is 11.5 Å². The van der Waals surface area contributed by atoms with Crippen molar-refractivity contribution in [3.8, 4) is 11.5 Å². The molecule has 0 bridgehead atoms. The number of fused-ring (bicyclic) bond motifs is 1. The minimum Gasteiger partial charge on any atom is -0.496 e. The van der Waals surface area contributed by atoms with E-state index in [9.17, 15) is 14.4 Å². The summed E-state index contributed by atoms with van der Waals surface area (Å²) >= 11 is 0. The van der Waals surface area contributed by atoms with E-state index in [0.29, 0.717) is 29.3 Å². The number of nitrogens with zero attached hydrogens (tertiary/aromatic N) is 1. The van der Waals surface area contributed by atoms with Crippen LogP contribution >= 0.6 is 0 Å². The normalized spacial score (nSPS) is 12.8. The van der Waals surface area contributed by atoms with Crippen molar-refractivity contribution >= 4 is 23.3 Å². The fraction of sp³-hybridized carbons (Fsp3) is 0.286. The summed E-state index contributed by atoms with van der Waals surface area (Å²) in [6.45, 7) is 0.323. The summed E-state index contributed by atoms with van der Waals surface area (Å²) < 4.78 is 10.6. The van der Waals surface area contributed by atoms with E-state index < -0.39 is 0 Å². The summed E-state index contributed by atoms with van der Waals surface area (Å²) in [4.78, 5) is 37.8. The first-order chi connectivity index (χ1) is 13.5. The number of carbonyl (C=O) groups is 3. The third-order valence-electron chi connectivity index (χ3n) is 4.62. The van der Waals surface area contributed by atoms with Gasteiger partial charge in [0.05, 0.1) is 12.8 Å². The fourth-order valence-corrected chi connectivity index (χ4v) is 2.95. The molecule has 7 heteroatoms. The highest BCUT2D eigenvalue weighted by Gasteiger charge is 2.23. The predicted molar refractivity (Wildman–Crippen MR) is 104 cm³/mol. The molecule has 0 fully saturated rings. The van der Waals surface area contributed by atoms with Crippen LogP contribution < -0.4 is 19.7 Å². The first kappa shape index (κ1) is 19.4. The number of ether oxygens (including phenoxy) is 2. The molecule has 0 unspecified atom stereocenters. The molecule has 0 saturated heterocycles. The van der Waals surface area contributed by atoms with Gasteiger partial charge >= 0.3 is 0 Å². The summed E-state index contributed by atoms with van der Waals surface area (Å²) in [6.07, 6.45) is 0.158. The third-order valence-corrected chi connectivity index (χ3v) is 4.62. The number of methoxy groups -OCH3 is 1. The van der Waals surface area contributed by atoms with Crippen molar-refractivity contribution in [3.05, 3.63) is 53.6 Å². The molecule has 1 heterocycles. The van der Waals surface area contributed by atoms with E-state index in [1.54, 1.807) is 32.4 Å². The largest absolute Gasteiger partial charge is 0.496 e. The van der Waals surface area contributed by atoms with E-state index in [2.05, 4.69) is 5.32 Å². The zero-order valence-electron chi connectivity index (χ0n) is 15.9. The highest BCUT2D eigenvalue weighted by atomic mass is 16.5. The van der Waals surface area contributed by atoms with Crippen molar-refractivity contribution in [1.82, 2.24) is 5.32 Å². The Kier molecular flexibility index (Phi) is 5.93. The van der Waals surface area contributed by atoms with Crippen LogP contribution in [0.15, 0.2) is 42.5 Å². The number of para-hydroxylation sites is 1. The van der Waals surface area contributed by atoms with Gasteiger partial charge in [-0.15, -0.1) is 0 Å². The molecule has 1 aliphatic heterocycles. The monoisotopic (exact) mass is 382 g/mol. The van der Waals surface area contributed by atoms with Gasteiger partial charge in [-0.1, -0.05) is 18.2 Å². The zero-order valence-corrected chi connectivity index (χ0v) is 15.9. The SMILES string of the molecule is COc1ccccc1CNC(=O)CCC(=O)c1ccc2c(c1)N(C)C(=O)CO2. The maximum atomic E-state index is 12.5. The number of likely N-dealkylation sites (N-methyl/N-ethyl adjacent to an activating group) is 1. The highest BCUT2D eigenvalue weighted by molar-refractivity contribution is 6.02. The van der Waals surface area contributed by atoms with Crippen LogP contribution in [0.4, 0.5) is 5.69 Å². The number of nitrogens with one attached hydrogen (secondary N) is 1. The van der Waals surface area contributed by atoms with Crippen LogP contribution in [-0.2, 0) is 16.1 Å². The van der Waals surface area contributed by atoms with Crippen LogP contribution in [0, 0.1) is 0 Å². The second kappa shape index (κ2) is 8.56. The van der Waals surface area contributed by atoms with Gasteiger partial charge in [-0.05, 0) is 24.3 Å². The maximum absolute atomic E-state index is 12.5. The van der Waals surface area contributed by atoms with E-state index in [0.717, 1.165) is 5.56 Å². The highest BCUT2D eigenvalue weighted by Crippen LogP contribution is 2.32. The first-order valence-electron chi connectivity index (χ1n) is 8.95.